The van der Waals surface area contributed by atoms with E-state index in [4.69, 9.17) is 18.9 Å². The summed E-state index contributed by atoms with van der Waals surface area (Å²) in [5.74, 6) is 0.730. The van der Waals surface area contributed by atoms with Crippen molar-refractivity contribution in [3.63, 3.8) is 0 Å². The van der Waals surface area contributed by atoms with Crippen LogP contribution in [-0.4, -0.2) is 61.5 Å². The number of carbonyl (C=O) groups excluding carboxylic acids is 2. The number of benzene rings is 1. The molecule has 0 saturated carbocycles. The number of nitrogens with one attached hydrogen (secondary N) is 1. The van der Waals surface area contributed by atoms with Gasteiger partial charge in [0.1, 0.15) is 0 Å². The molecular weight excluding hydrogens is 494 g/mol. The van der Waals surface area contributed by atoms with E-state index in [1.807, 2.05) is 36.6 Å². The zero-order valence-electron chi connectivity index (χ0n) is 21.7. The van der Waals surface area contributed by atoms with Crippen molar-refractivity contribution in [3.8, 4) is 22.9 Å². The van der Waals surface area contributed by atoms with Gasteiger partial charge in [-0.2, -0.15) is 0 Å². The Balaban J connectivity index is 1.61. The standard InChI is InChI=1S/C27H33N3O6S/c1-5-35-27(32)26-29-21(16-37-26)22-14-20(25(31)28-15-19-7-6-12-36-19)17(2)30(22)11-10-18-8-9-23(33-3)24(13-18)34-4/h8-9,13-14,16,19H,5-7,10-12,15H2,1-4H3,(H,28,31). The maximum absolute atomic E-state index is 13.1. The minimum atomic E-state index is -0.451. The van der Waals surface area contributed by atoms with Gasteiger partial charge in [0.25, 0.3) is 5.91 Å². The summed E-state index contributed by atoms with van der Waals surface area (Å²) in [5, 5.41) is 5.12. The number of carbonyl (C=O) groups is 2. The molecule has 0 spiro atoms. The van der Waals surface area contributed by atoms with Crippen molar-refractivity contribution in [2.45, 2.75) is 45.8 Å². The summed E-state index contributed by atoms with van der Waals surface area (Å²) in [4.78, 5) is 29.9. The van der Waals surface area contributed by atoms with Crippen molar-refractivity contribution in [2.24, 2.45) is 0 Å². The number of aromatic nitrogens is 2. The number of hydrogen-bond acceptors (Lipinski definition) is 8. The Morgan fingerprint density at radius 2 is 2.03 bits per heavy atom. The lowest BCUT2D eigenvalue weighted by Gasteiger charge is -2.13. The quantitative estimate of drug-likeness (QED) is 0.372. The fraction of sp³-hybridized carbons (Fsp3) is 0.444. The largest absolute Gasteiger partial charge is 0.493 e. The zero-order valence-corrected chi connectivity index (χ0v) is 22.5. The van der Waals surface area contributed by atoms with Crippen LogP contribution in [0, 0.1) is 6.92 Å². The van der Waals surface area contributed by atoms with Crippen LogP contribution in [0.1, 0.15) is 51.2 Å². The molecule has 1 atom stereocenters. The lowest BCUT2D eigenvalue weighted by molar-refractivity contribution is 0.0526. The molecule has 3 aromatic rings. The minimum absolute atomic E-state index is 0.0570. The summed E-state index contributed by atoms with van der Waals surface area (Å²) in [6.07, 6.45) is 2.71. The van der Waals surface area contributed by atoms with E-state index in [9.17, 15) is 9.59 Å². The number of methoxy groups -OCH3 is 2. The molecular formula is C27H33N3O6S. The molecule has 37 heavy (non-hydrogen) atoms. The van der Waals surface area contributed by atoms with E-state index in [1.165, 1.54) is 11.3 Å². The second-order valence-electron chi connectivity index (χ2n) is 8.72. The summed E-state index contributed by atoms with van der Waals surface area (Å²) in [7, 11) is 3.22. The van der Waals surface area contributed by atoms with Gasteiger partial charge in [0, 0.05) is 30.8 Å². The minimum Gasteiger partial charge on any atom is -0.493 e. The predicted octanol–water partition coefficient (Wildman–Crippen LogP) is 4.27. The summed E-state index contributed by atoms with van der Waals surface area (Å²) < 4.78 is 23.6. The van der Waals surface area contributed by atoms with Crippen molar-refractivity contribution in [2.75, 3.05) is 34.0 Å². The molecule has 1 unspecified atom stereocenters. The molecule has 1 aliphatic heterocycles. The van der Waals surface area contributed by atoms with Gasteiger partial charge in [-0.25, -0.2) is 9.78 Å². The van der Waals surface area contributed by atoms with Crippen LogP contribution >= 0.6 is 11.3 Å². The van der Waals surface area contributed by atoms with Gasteiger partial charge in [0.05, 0.1) is 43.9 Å². The van der Waals surface area contributed by atoms with Gasteiger partial charge < -0.3 is 28.8 Å². The molecule has 1 amide bonds. The van der Waals surface area contributed by atoms with Crippen LogP contribution in [0.4, 0.5) is 0 Å². The van der Waals surface area contributed by atoms with E-state index in [0.717, 1.165) is 36.4 Å². The number of esters is 1. The number of nitrogens with zero attached hydrogens (tertiary/aromatic N) is 2. The van der Waals surface area contributed by atoms with Crippen LogP contribution in [0.25, 0.3) is 11.4 Å². The second-order valence-corrected chi connectivity index (χ2v) is 9.58. The van der Waals surface area contributed by atoms with E-state index < -0.39 is 5.97 Å². The highest BCUT2D eigenvalue weighted by molar-refractivity contribution is 7.11. The van der Waals surface area contributed by atoms with Gasteiger partial charge in [-0.15, -0.1) is 11.3 Å². The molecule has 9 nitrogen and oxygen atoms in total. The van der Waals surface area contributed by atoms with Crippen molar-refractivity contribution in [1.82, 2.24) is 14.9 Å². The molecule has 0 radical (unpaired) electrons. The summed E-state index contributed by atoms with van der Waals surface area (Å²) in [5.41, 5.74) is 3.86. The van der Waals surface area contributed by atoms with Crippen molar-refractivity contribution in [1.29, 1.82) is 0 Å². The molecule has 3 heterocycles. The summed E-state index contributed by atoms with van der Waals surface area (Å²) in [6.45, 7) is 5.79. The average Bonchev–Trinajstić information content (AvgIpc) is 3.66. The van der Waals surface area contributed by atoms with Gasteiger partial charge in [-0.3, -0.25) is 4.79 Å². The molecule has 1 aliphatic rings. The molecule has 1 fully saturated rings. The highest BCUT2D eigenvalue weighted by Crippen LogP contribution is 2.30. The first-order valence-electron chi connectivity index (χ1n) is 12.4. The average molecular weight is 528 g/mol. The maximum atomic E-state index is 13.1. The summed E-state index contributed by atoms with van der Waals surface area (Å²) >= 11 is 1.23. The normalized spacial score (nSPS) is 15.0. The van der Waals surface area contributed by atoms with Crippen LogP contribution in [0.15, 0.2) is 29.6 Å². The van der Waals surface area contributed by atoms with Crippen LogP contribution < -0.4 is 14.8 Å². The molecule has 0 bridgehead atoms. The van der Waals surface area contributed by atoms with E-state index in [-0.39, 0.29) is 23.6 Å². The van der Waals surface area contributed by atoms with Crippen molar-refractivity contribution in [3.05, 3.63) is 51.5 Å². The van der Waals surface area contributed by atoms with Crippen LogP contribution in [-0.2, 0) is 22.4 Å². The number of amides is 1. The molecule has 2 aromatic heterocycles. The highest BCUT2D eigenvalue weighted by Gasteiger charge is 2.23. The Bertz CT molecular complexity index is 1240. The van der Waals surface area contributed by atoms with E-state index in [1.54, 1.807) is 21.1 Å². The third kappa shape index (κ3) is 6.14. The SMILES string of the molecule is CCOC(=O)c1nc(-c2cc(C(=O)NCC3CCCO3)c(C)n2CCc2ccc(OC)c(OC)c2)cs1. The van der Waals surface area contributed by atoms with E-state index in [2.05, 4.69) is 14.9 Å². The molecule has 1 saturated heterocycles. The Morgan fingerprint density at radius 1 is 1.22 bits per heavy atom. The van der Waals surface area contributed by atoms with Gasteiger partial charge in [0.15, 0.2) is 11.5 Å². The Hall–Kier alpha value is -3.37. The number of ether oxygens (including phenoxy) is 4. The lowest BCUT2D eigenvalue weighted by Crippen LogP contribution is -2.32. The Kier molecular flexibility index (Phi) is 8.83. The van der Waals surface area contributed by atoms with Crippen molar-refractivity contribution >= 4 is 23.2 Å². The van der Waals surface area contributed by atoms with Gasteiger partial charge >= 0.3 is 5.97 Å². The van der Waals surface area contributed by atoms with Gasteiger partial charge in [-0.05, 0) is 56.9 Å². The highest BCUT2D eigenvalue weighted by atomic mass is 32.1. The second kappa shape index (κ2) is 12.2. The Labute approximate surface area is 220 Å². The van der Waals surface area contributed by atoms with Crippen molar-refractivity contribution < 1.29 is 28.5 Å². The molecule has 10 heteroatoms. The summed E-state index contributed by atoms with van der Waals surface area (Å²) in [6, 6.07) is 7.68. The Morgan fingerprint density at radius 3 is 2.73 bits per heavy atom. The fourth-order valence-corrected chi connectivity index (χ4v) is 5.14. The molecule has 4 rings (SSSR count). The first-order chi connectivity index (χ1) is 17.9. The zero-order chi connectivity index (χ0) is 26.4. The monoisotopic (exact) mass is 527 g/mol. The lowest BCUT2D eigenvalue weighted by atomic mass is 10.1. The van der Waals surface area contributed by atoms with E-state index >= 15 is 0 Å². The van der Waals surface area contributed by atoms with Crippen LogP contribution in [0.5, 0.6) is 11.5 Å². The molecule has 1 N–H and O–H groups in total. The van der Waals surface area contributed by atoms with Gasteiger partial charge in [0.2, 0.25) is 5.01 Å². The van der Waals surface area contributed by atoms with Gasteiger partial charge in [-0.1, -0.05) is 6.07 Å². The smallest absolute Gasteiger partial charge is 0.367 e. The topological polar surface area (TPSA) is 101 Å². The number of thiazole rings is 1. The fourth-order valence-electron chi connectivity index (χ4n) is 4.44. The molecule has 0 aliphatic carbocycles. The predicted molar refractivity (Wildman–Crippen MR) is 141 cm³/mol. The van der Waals surface area contributed by atoms with Crippen LogP contribution in [0.3, 0.4) is 0 Å². The molecule has 198 valence electrons. The third-order valence-electron chi connectivity index (χ3n) is 6.41. The van der Waals surface area contributed by atoms with E-state index in [0.29, 0.717) is 42.3 Å². The molecule has 1 aromatic carbocycles. The number of rotatable bonds is 11. The third-order valence-corrected chi connectivity index (χ3v) is 7.24. The number of aryl methyl sites for hydroxylation is 1. The maximum Gasteiger partial charge on any atom is 0.367 e. The first kappa shape index (κ1) is 26.7. The van der Waals surface area contributed by atoms with Crippen LogP contribution in [0.2, 0.25) is 0 Å². The first-order valence-corrected chi connectivity index (χ1v) is 13.3. The number of hydrogen-bond donors (Lipinski definition) is 1.